The Labute approximate surface area is 122 Å². The third kappa shape index (κ3) is 1.93. The van der Waals surface area contributed by atoms with E-state index in [-0.39, 0.29) is 0 Å². The predicted octanol–water partition coefficient (Wildman–Crippen LogP) is 2.62. The number of imidazole rings is 1. The smallest absolute Gasteiger partial charge is 0.108 e. The quantitative estimate of drug-likeness (QED) is 0.863. The molecule has 1 N–H and O–H groups in total. The lowest BCUT2D eigenvalue weighted by Gasteiger charge is -2.21. The Morgan fingerprint density at radius 2 is 2.10 bits per heavy atom. The van der Waals surface area contributed by atoms with E-state index in [0.29, 0.717) is 0 Å². The number of fused-ring (bicyclic) bond motifs is 5. The second-order valence-electron chi connectivity index (χ2n) is 7.22. The Balaban J connectivity index is 1.40. The molecular weight excluding hydrogens is 246 g/mol. The second-order valence-corrected chi connectivity index (χ2v) is 7.22. The molecule has 0 aliphatic heterocycles. The number of hydrogen-bond donors (Lipinski definition) is 1. The molecule has 1 aromatic rings. The van der Waals surface area contributed by atoms with Crippen LogP contribution in [-0.4, -0.2) is 22.1 Å². The molecule has 2 bridgehead atoms. The summed E-state index contributed by atoms with van der Waals surface area (Å²) in [6, 6.07) is 0.732. The van der Waals surface area contributed by atoms with Gasteiger partial charge in [0, 0.05) is 31.9 Å². The molecule has 4 rings (SSSR count). The molecule has 3 fully saturated rings. The van der Waals surface area contributed by atoms with Gasteiger partial charge in [-0.2, -0.15) is 0 Å². The van der Waals surface area contributed by atoms with E-state index in [1.165, 1.54) is 25.1 Å². The molecule has 0 saturated heterocycles. The summed E-state index contributed by atoms with van der Waals surface area (Å²) in [4.78, 5) is 4.48. The third-order valence-corrected chi connectivity index (χ3v) is 6.33. The van der Waals surface area contributed by atoms with Crippen molar-refractivity contribution >= 4 is 0 Å². The van der Waals surface area contributed by atoms with Crippen molar-refractivity contribution < 1.29 is 0 Å². The van der Waals surface area contributed by atoms with Gasteiger partial charge in [0.2, 0.25) is 0 Å². The lowest BCUT2D eigenvalue weighted by atomic mass is 9.94. The van der Waals surface area contributed by atoms with Crippen molar-refractivity contribution in [1.82, 2.24) is 14.9 Å². The number of rotatable bonds is 6. The van der Waals surface area contributed by atoms with Gasteiger partial charge >= 0.3 is 0 Å². The molecule has 0 amide bonds. The van der Waals surface area contributed by atoms with Crippen LogP contribution >= 0.6 is 0 Å². The summed E-state index contributed by atoms with van der Waals surface area (Å²) in [5, 5.41) is 3.79. The number of hydrogen-bond acceptors (Lipinski definition) is 2. The van der Waals surface area contributed by atoms with Gasteiger partial charge in [0.25, 0.3) is 0 Å². The van der Waals surface area contributed by atoms with Crippen LogP contribution < -0.4 is 5.32 Å². The number of aromatic nitrogens is 2. The average molecular weight is 273 g/mol. The fraction of sp³-hybridized carbons (Fsp3) is 0.824. The van der Waals surface area contributed by atoms with E-state index in [4.69, 9.17) is 0 Å². The molecule has 3 nitrogen and oxygen atoms in total. The number of nitrogens with one attached hydrogen (secondary N) is 1. The minimum absolute atomic E-state index is 0.732. The molecule has 0 aromatic carbocycles. The van der Waals surface area contributed by atoms with Crippen molar-refractivity contribution in [1.29, 1.82) is 0 Å². The molecule has 5 atom stereocenters. The Morgan fingerprint density at radius 3 is 2.70 bits per heavy atom. The molecule has 3 aliphatic carbocycles. The van der Waals surface area contributed by atoms with E-state index in [0.717, 1.165) is 48.6 Å². The summed E-state index contributed by atoms with van der Waals surface area (Å²) in [7, 11) is 2.11. The van der Waals surface area contributed by atoms with E-state index < -0.39 is 0 Å². The molecule has 0 spiro atoms. The summed E-state index contributed by atoms with van der Waals surface area (Å²) in [6.07, 6.45) is 11.0. The van der Waals surface area contributed by atoms with Gasteiger partial charge in [-0.05, 0) is 61.8 Å². The first-order valence-corrected chi connectivity index (χ1v) is 8.49. The fourth-order valence-corrected chi connectivity index (χ4v) is 5.55. The van der Waals surface area contributed by atoms with Gasteiger partial charge in [0.15, 0.2) is 0 Å². The van der Waals surface area contributed by atoms with Crippen LogP contribution in [-0.2, 0) is 13.5 Å². The maximum atomic E-state index is 4.48. The van der Waals surface area contributed by atoms with E-state index in [9.17, 15) is 0 Å². The first-order valence-electron chi connectivity index (χ1n) is 8.49. The monoisotopic (exact) mass is 273 g/mol. The standard InChI is InChI=1S/C17H27N3/c1-3-18-13(6-7-14-19-8-9-20(14)2)17-15-11-4-5-12(10-11)16(15)17/h8-9,11-13,15-18H,3-7,10H2,1-2H3. The van der Waals surface area contributed by atoms with Crippen LogP contribution in [0.5, 0.6) is 0 Å². The van der Waals surface area contributed by atoms with Gasteiger partial charge in [0.05, 0.1) is 0 Å². The van der Waals surface area contributed by atoms with Crippen molar-refractivity contribution in [3.8, 4) is 0 Å². The van der Waals surface area contributed by atoms with Gasteiger partial charge in [0.1, 0.15) is 5.82 Å². The van der Waals surface area contributed by atoms with Crippen molar-refractivity contribution in [2.24, 2.45) is 36.6 Å². The van der Waals surface area contributed by atoms with Crippen LogP contribution in [0.4, 0.5) is 0 Å². The van der Waals surface area contributed by atoms with E-state index in [1.54, 1.807) is 6.42 Å². The van der Waals surface area contributed by atoms with E-state index >= 15 is 0 Å². The largest absolute Gasteiger partial charge is 0.338 e. The van der Waals surface area contributed by atoms with Crippen LogP contribution in [0, 0.1) is 29.6 Å². The zero-order chi connectivity index (χ0) is 13.7. The molecule has 5 unspecified atom stereocenters. The van der Waals surface area contributed by atoms with Crippen molar-refractivity contribution in [3.63, 3.8) is 0 Å². The molecule has 3 heteroatoms. The minimum Gasteiger partial charge on any atom is -0.338 e. The highest BCUT2D eigenvalue weighted by Gasteiger charge is 2.66. The fourth-order valence-electron chi connectivity index (χ4n) is 5.55. The van der Waals surface area contributed by atoms with Crippen LogP contribution in [0.25, 0.3) is 0 Å². The Kier molecular flexibility index (Phi) is 3.13. The van der Waals surface area contributed by atoms with Crippen molar-refractivity contribution in [2.75, 3.05) is 6.54 Å². The molecule has 0 radical (unpaired) electrons. The van der Waals surface area contributed by atoms with Crippen LogP contribution in [0.3, 0.4) is 0 Å². The van der Waals surface area contributed by atoms with E-state index in [2.05, 4.69) is 35.0 Å². The van der Waals surface area contributed by atoms with Crippen LogP contribution in [0.2, 0.25) is 0 Å². The highest BCUT2D eigenvalue weighted by molar-refractivity contribution is 5.16. The van der Waals surface area contributed by atoms with Gasteiger partial charge < -0.3 is 9.88 Å². The maximum absolute atomic E-state index is 4.48. The Hall–Kier alpha value is -0.830. The Morgan fingerprint density at radius 1 is 1.35 bits per heavy atom. The second kappa shape index (κ2) is 4.87. The molecular formula is C17H27N3. The van der Waals surface area contributed by atoms with Gasteiger partial charge in [-0.15, -0.1) is 0 Å². The summed E-state index contributed by atoms with van der Waals surface area (Å²) >= 11 is 0. The highest BCUT2D eigenvalue weighted by Crippen LogP contribution is 2.70. The topological polar surface area (TPSA) is 29.9 Å². The van der Waals surface area contributed by atoms with Crippen LogP contribution in [0.1, 0.15) is 38.4 Å². The van der Waals surface area contributed by atoms with Crippen molar-refractivity contribution in [2.45, 2.75) is 45.1 Å². The number of nitrogens with zero attached hydrogens (tertiary/aromatic N) is 2. The van der Waals surface area contributed by atoms with Gasteiger partial charge in [-0.1, -0.05) is 6.92 Å². The zero-order valence-corrected chi connectivity index (χ0v) is 12.8. The molecule has 20 heavy (non-hydrogen) atoms. The SMILES string of the molecule is CCNC(CCc1nccn1C)C1C2C3CCC(C3)C21. The first kappa shape index (κ1) is 12.9. The average Bonchev–Trinajstić information content (AvgIpc) is 2.79. The van der Waals surface area contributed by atoms with Gasteiger partial charge in [-0.3, -0.25) is 0 Å². The maximum Gasteiger partial charge on any atom is 0.108 e. The molecule has 1 aromatic heterocycles. The summed E-state index contributed by atoms with van der Waals surface area (Å²) in [5.74, 6) is 6.56. The molecule has 3 aliphatic rings. The lowest BCUT2D eigenvalue weighted by molar-refractivity contribution is 0.351. The lowest BCUT2D eigenvalue weighted by Crippen LogP contribution is -2.34. The molecule has 3 saturated carbocycles. The van der Waals surface area contributed by atoms with Crippen molar-refractivity contribution in [3.05, 3.63) is 18.2 Å². The summed E-state index contributed by atoms with van der Waals surface area (Å²) in [5.41, 5.74) is 0. The highest BCUT2D eigenvalue weighted by atomic mass is 15.0. The zero-order valence-electron chi connectivity index (χ0n) is 12.8. The van der Waals surface area contributed by atoms with Gasteiger partial charge in [-0.25, -0.2) is 4.98 Å². The number of aryl methyl sites for hydroxylation is 2. The third-order valence-electron chi connectivity index (χ3n) is 6.33. The summed E-state index contributed by atoms with van der Waals surface area (Å²) in [6.45, 7) is 3.36. The van der Waals surface area contributed by atoms with E-state index in [1.807, 2.05) is 6.20 Å². The first-order chi connectivity index (χ1) is 9.79. The predicted molar refractivity (Wildman–Crippen MR) is 80.3 cm³/mol. The minimum atomic E-state index is 0.732. The molecule has 110 valence electrons. The summed E-state index contributed by atoms with van der Waals surface area (Å²) < 4.78 is 2.17. The Bertz CT molecular complexity index is 464. The normalized spacial score (nSPS) is 39.0. The van der Waals surface area contributed by atoms with Crippen LogP contribution in [0.15, 0.2) is 12.4 Å². The molecule has 1 heterocycles.